The van der Waals surface area contributed by atoms with Crippen LogP contribution < -0.4 is 11.1 Å². The van der Waals surface area contributed by atoms with Gasteiger partial charge in [-0.05, 0) is 25.5 Å². The van der Waals surface area contributed by atoms with Crippen molar-refractivity contribution in [2.75, 3.05) is 5.73 Å². The Labute approximate surface area is 125 Å². The lowest BCUT2D eigenvalue weighted by Crippen LogP contribution is -2.22. The molecule has 0 aliphatic carbocycles. The number of hydrogen-bond acceptors (Lipinski definition) is 6. The molecule has 7 heteroatoms. The molecule has 0 aromatic carbocycles. The Morgan fingerprint density at radius 2 is 2.29 bits per heavy atom. The molecule has 0 unspecified atom stereocenters. The summed E-state index contributed by atoms with van der Waals surface area (Å²) in [5.41, 5.74) is 8.26. The molecule has 0 bridgehead atoms. The Bertz CT molecular complexity index is 822. The normalized spacial score (nSPS) is 11.0. The summed E-state index contributed by atoms with van der Waals surface area (Å²) in [5, 5.41) is 7.47. The lowest BCUT2D eigenvalue weighted by atomic mass is 10.2. The van der Waals surface area contributed by atoms with Gasteiger partial charge in [0.2, 0.25) is 0 Å². The number of thiophene rings is 1. The summed E-state index contributed by atoms with van der Waals surface area (Å²) in [7, 11) is 0. The lowest BCUT2D eigenvalue weighted by Gasteiger charge is -2.01. The second kappa shape index (κ2) is 5.17. The number of nitrogens with one attached hydrogen (secondary N) is 1. The topological polar surface area (TPSA) is 94.0 Å². The monoisotopic (exact) mass is 302 g/mol. The molecule has 0 saturated carbocycles. The fourth-order valence-corrected chi connectivity index (χ4v) is 3.18. The Morgan fingerprint density at radius 1 is 1.48 bits per heavy atom. The average molecular weight is 302 g/mol. The van der Waals surface area contributed by atoms with Crippen molar-refractivity contribution in [1.82, 2.24) is 15.5 Å². The van der Waals surface area contributed by atoms with E-state index in [-0.39, 0.29) is 5.91 Å². The van der Waals surface area contributed by atoms with Gasteiger partial charge in [-0.25, -0.2) is 4.98 Å². The van der Waals surface area contributed by atoms with E-state index in [0.717, 1.165) is 15.8 Å². The number of nitrogen functional groups attached to an aromatic ring is 1. The van der Waals surface area contributed by atoms with Crippen molar-refractivity contribution in [1.29, 1.82) is 0 Å². The van der Waals surface area contributed by atoms with Crippen LogP contribution in [0.5, 0.6) is 0 Å². The van der Waals surface area contributed by atoms with Crippen molar-refractivity contribution < 1.29 is 9.32 Å². The number of nitrogens with zero attached hydrogens (tertiary/aromatic N) is 2. The molecule has 0 fully saturated rings. The molecule has 21 heavy (non-hydrogen) atoms. The summed E-state index contributed by atoms with van der Waals surface area (Å²) in [6, 6.07) is 3.66. The molecule has 0 aliphatic heterocycles. The standard InChI is InChI=1S/C14H14N4O2S/c1-7-3-4-16-14-10(7)11(15)12(21-14)13(19)17-6-9-5-8(2)20-18-9/h3-5H,6,15H2,1-2H3,(H,17,19). The zero-order chi connectivity index (χ0) is 15.0. The van der Waals surface area contributed by atoms with E-state index >= 15 is 0 Å². The molecule has 3 aromatic heterocycles. The fourth-order valence-electron chi connectivity index (χ4n) is 2.12. The predicted molar refractivity (Wildman–Crippen MR) is 81.2 cm³/mol. The summed E-state index contributed by atoms with van der Waals surface area (Å²) in [4.78, 5) is 17.8. The van der Waals surface area contributed by atoms with Crippen LogP contribution >= 0.6 is 11.3 Å². The van der Waals surface area contributed by atoms with E-state index < -0.39 is 0 Å². The molecule has 3 aromatic rings. The molecule has 3 heterocycles. The van der Waals surface area contributed by atoms with Crippen LogP contribution in [0.3, 0.4) is 0 Å². The number of anilines is 1. The number of pyridine rings is 1. The summed E-state index contributed by atoms with van der Waals surface area (Å²) in [6.07, 6.45) is 1.72. The Morgan fingerprint density at radius 3 is 2.95 bits per heavy atom. The minimum absolute atomic E-state index is 0.226. The molecule has 1 amide bonds. The smallest absolute Gasteiger partial charge is 0.263 e. The zero-order valence-electron chi connectivity index (χ0n) is 11.6. The summed E-state index contributed by atoms with van der Waals surface area (Å²) in [5.74, 6) is 0.482. The van der Waals surface area contributed by atoms with Crippen molar-refractivity contribution >= 4 is 33.1 Å². The zero-order valence-corrected chi connectivity index (χ0v) is 12.5. The summed E-state index contributed by atoms with van der Waals surface area (Å²) < 4.78 is 4.96. The van der Waals surface area contributed by atoms with E-state index in [9.17, 15) is 4.79 Å². The number of rotatable bonds is 3. The third kappa shape index (κ3) is 2.47. The first-order valence-corrected chi connectivity index (χ1v) is 7.22. The first-order chi connectivity index (χ1) is 10.1. The Kier molecular flexibility index (Phi) is 3.34. The van der Waals surface area contributed by atoms with E-state index in [0.29, 0.717) is 28.6 Å². The van der Waals surface area contributed by atoms with Crippen LogP contribution in [0.1, 0.15) is 26.7 Å². The molecule has 108 valence electrons. The van der Waals surface area contributed by atoms with Crippen molar-refractivity contribution in [3.05, 3.63) is 40.2 Å². The van der Waals surface area contributed by atoms with Crippen LogP contribution in [0.15, 0.2) is 22.9 Å². The van der Waals surface area contributed by atoms with Gasteiger partial charge >= 0.3 is 0 Å². The van der Waals surface area contributed by atoms with E-state index in [4.69, 9.17) is 10.3 Å². The molecular weight excluding hydrogens is 288 g/mol. The number of carbonyl (C=O) groups excluding carboxylic acids is 1. The first kappa shape index (κ1) is 13.6. The van der Waals surface area contributed by atoms with Gasteiger partial charge in [0, 0.05) is 17.6 Å². The highest BCUT2D eigenvalue weighted by Crippen LogP contribution is 2.34. The van der Waals surface area contributed by atoms with E-state index in [2.05, 4.69) is 15.5 Å². The van der Waals surface area contributed by atoms with Crippen molar-refractivity contribution in [3.63, 3.8) is 0 Å². The molecule has 3 N–H and O–H groups in total. The number of fused-ring (bicyclic) bond motifs is 1. The number of carbonyl (C=O) groups is 1. The van der Waals surface area contributed by atoms with E-state index in [1.807, 2.05) is 13.0 Å². The minimum atomic E-state index is -0.226. The molecule has 6 nitrogen and oxygen atoms in total. The van der Waals surface area contributed by atoms with Crippen molar-refractivity contribution in [2.24, 2.45) is 0 Å². The average Bonchev–Trinajstić information content (AvgIpc) is 3.01. The van der Waals surface area contributed by atoms with Crippen LogP contribution in [0, 0.1) is 13.8 Å². The van der Waals surface area contributed by atoms with Crippen LogP contribution in [-0.2, 0) is 6.54 Å². The molecule has 0 aliphatic rings. The highest BCUT2D eigenvalue weighted by atomic mass is 32.1. The maximum Gasteiger partial charge on any atom is 0.263 e. The molecule has 0 radical (unpaired) electrons. The third-order valence-electron chi connectivity index (χ3n) is 3.15. The van der Waals surface area contributed by atoms with Gasteiger partial charge in [0.25, 0.3) is 5.91 Å². The van der Waals surface area contributed by atoms with Crippen molar-refractivity contribution in [3.8, 4) is 0 Å². The maximum atomic E-state index is 12.3. The van der Waals surface area contributed by atoms with Crippen LogP contribution in [-0.4, -0.2) is 16.0 Å². The van der Waals surface area contributed by atoms with Crippen LogP contribution in [0.25, 0.3) is 10.2 Å². The Balaban J connectivity index is 1.84. The quantitative estimate of drug-likeness (QED) is 0.775. The third-order valence-corrected chi connectivity index (χ3v) is 4.26. The molecule has 0 atom stereocenters. The number of amides is 1. The second-order valence-corrected chi connectivity index (χ2v) is 5.76. The van der Waals surface area contributed by atoms with Gasteiger partial charge in [0.15, 0.2) is 0 Å². The Hall–Kier alpha value is -2.41. The maximum absolute atomic E-state index is 12.3. The van der Waals surface area contributed by atoms with Gasteiger partial charge in [-0.2, -0.15) is 0 Å². The molecule has 0 saturated heterocycles. The van der Waals surface area contributed by atoms with Gasteiger partial charge < -0.3 is 15.6 Å². The lowest BCUT2D eigenvalue weighted by molar-refractivity contribution is 0.0955. The summed E-state index contributed by atoms with van der Waals surface area (Å²) >= 11 is 1.29. The van der Waals surface area contributed by atoms with Gasteiger partial charge in [-0.1, -0.05) is 5.16 Å². The number of aromatic nitrogens is 2. The van der Waals surface area contributed by atoms with Gasteiger partial charge in [-0.15, -0.1) is 11.3 Å². The predicted octanol–water partition coefficient (Wildman–Crippen LogP) is 2.41. The number of nitrogens with two attached hydrogens (primary N) is 1. The van der Waals surface area contributed by atoms with E-state index in [1.165, 1.54) is 11.3 Å². The van der Waals surface area contributed by atoms with Gasteiger partial charge in [0.1, 0.15) is 21.2 Å². The molecule has 3 rings (SSSR count). The van der Waals surface area contributed by atoms with Crippen molar-refractivity contribution in [2.45, 2.75) is 20.4 Å². The van der Waals surface area contributed by atoms with Gasteiger partial charge in [-0.3, -0.25) is 4.79 Å². The van der Waals surface area contributed by atoms with Crippen LogP contribution in [0.4, 0.5) is 5.69 Å². The van der Waals surface area contributed by atoms with Crippen LogP contribution in [0.2, 0.25) is 0 Å². The first-order valence-electron chi connectivity index (χ1n) is 6.40. The van der Waals surface area contributed by atoms with Gasteiger partial charge in [0.05, 0.1) is 12.2 Å². The highest BCUT2D eigenvalue weighted by molar-refractivity contribution is 7.21. The van der Waals surface area contributed by atoms with E-state index in [1.54, 1.807) is 19.2 Å². The second-order valence-electron chi connectivity index (χ2n) is 4.76. The number of aryl methyl sites for hydroxylation is 2. The SMILES string of the molecule is Cc1cc(CNC(=O)c2sc3nccc(C)c3c2N)no1. The fraction of sp³-hybridized carbons (Fsp3) is 0.214. The number of hydrogen-bond donors (Lipinski definition) is 2. The molecule has 0 spiro atoms. The minimum Gasteiger partial charge on any atom is -0.397 e. The molecular formula is C14H14N4O2S. The highest BCUT2D eigenvalue weighted by Gasteiger charge is 2.18. The summed E-state index contributed by atoms with van der Waals surface area (Å²) in [6.45, 7) is 4.06. The largest absolute Gasteiger partial charge is 0.397 e.